The van der Waals surface area contributed by atoms with Crippen molar-refractivity contribution in [3.05, 3.63) is 33.5 Å². The Morgan fingerprint density at radius 3 is 2.70 bits per heavy atom. The Labute approximate surface area is 144 Å². The Kier molecular flexibility index (Phi) is 6.29. The molecule has 124 valence electrons. The van der Waals surface area contributed by atoms with Gasteiger partial charge in [-0.2, -0.15) is 0 Å². The zero-order valence-corrected chi connectivity index (χ0v) is 15.2. The van der Waals surface area contributed by atoms with Crippen LogP contribution in [0.3, 0.4) is 0 Å². The number of aryl methyl sites for hydroxylation is 1. The van der Waals surface area contributed by atoms with Crippen LogP contribution in [0, 0.1) is 12.8 Å². The Balaban J connectivity index is 2.01. The average molecular weight is 351 g/mol. The molecule has 23 heavy (non-hydrogen) atoms. The highest BCUT2D eigenvalue weighted by molar-refractivity contribution is 7.14. The van der Waals surface area contributed by atoms with Gasteiger partial charge in [-0.05, 0) is 30.7 Å². The maximum atomic E-state index is 12.6. The molecule has 0 aliphatic carbocycles. The average Bonchev–Trinajstić information content (AvgIpc) is 3.14. The van der Waals surface area contributed by atoms with Crippen molar-refractivity contribution in [3.8, 4) is 0 Å². The van der Waals surface area contributed by atoms with Gasteiger partial charge in [-0.25, -0.2) is 4.98 Å². The van der Waals surface area contributed by atoms with Crippen molar-refractivity contribution in [2.75, 3.05) is 18.4 Å². The molecule has 1 N–H and O–H groups in total. The normalized spacial score (nSPS) is 10.8. The smallest absolute Gasteiger partial charge is 0.264 e. The summed E-state index contributed by atoms with van der Waals surface area (Å²) in [5.74, 6) is 0.164. The number of nitrogens with zero attached hydrogens (tertiary/aromatic N) is 2. The molecule has 5 nitrogen and oxygen atoms in total. The second-order valence-corrected chi connectivity index (χ2v) is 7.53. The number of nitrogens with one attached hydrogen (secondary N) is 1. The summed E-state index contributed by atoms with van der Waals surface area (Å²) in [7, 11) is 0. The molecule has 0 saturated carbocycles. The summed E-state index contributed by atoms with van der Waals surface area (Å²) >= 11 is 2.78. The number of carbonyl (C=O) groups excluding carboxylic acids is 2. The first-order valence-corrected chi connectivity index (χ1v) is 9.26. The first-order valence-electron chi connectivity index (χ1n) is 7.50. The molecule has 0 atom stereocenters. The van der Waals surface area contributed by atoms with E-state index in [2.05, 4.69) is 24.1 Å². The number of amides is 2. The predicted molar refractivity (Wildman–Crippen MR) is 95.2 cm³/mol. The van der Waals surface area contributed by atoms with E-state index in [1.54, 1.807) is 11.0 Å². The standard InChI is InChI=1S/C16H21N3O2S2/c1-11(2)6-7-19(15(21)13-5-4-8-22-13)9-14(20)18-16-17-12(3)10-23-16/h4-5,8,10-11H,6-7,9H2,1-3H3,(H,17,18,20). The molecular formula is C16H21N3O2S2. The van der Waals surface area contributed by atoms with Gasteiger partial charge in [-0.1, -0.05) is 19.9 Å². The van der Waals surface area contributed by atoms with Crippen LogP contribution in [-0.2, 0) is 4.79 Å². The zero-order chi connectivity index (χ0) is 16.8. The lowest BCUT2D eigenvalue weighted by molar-refractivity contribution is -0.116. The number of aromatic nitrogens is 1. The Morgan fingerprint density at radius 1 is 1.35 bits per heavy atom. The highest BCUT2D eigenvalue weighted by Crippen LogP contribution is 2.16. The van der Waals surface area contributed by atoms with Gasteiger partial charge in [0, 0.05) is 11.9 Å². The SMILES string of the molecule is Cc1csc(NC(=O)CN(CCC(C)C)C(=O)c2cccs2)n1. The van der Waals surface area contributed by atoms with Crippen LogP contribution in [0.15, 0.2) is 22.9 Å². The largest absolute Gasteiger partial charge is 0.329 e. The van der Waals surface area contributed by atoms with Crippen molar-refractivity contribution in [2.24, 2.45) is 5.92 Å². The summed E-state index contributed by atoms with van der Waals surface area (Å²) in [4.78, 5) is 31.3. The van der Waals surface area contributed by atoms with E-state index in [4.69, 9.17) is 0 Å². The van der Waals surface area contributed by atoms with Crippen LogP contribution in [0.25, 0.3) is 0 Å². The Bertz CT molecular complexity index is 650. The molecule has 0 aliphatic heterocycles. The minimum atomic E-state index is -0.215. The summed E-state index contributed by atoms with van der Waals surface area (Å²) < 4.78 is 0. The fraction of sp³-hybridized carbons (Fsp3) is 0.438. The van der Waals surface area contributed by atoms with E-state index in [0.717, 1.165) is 12.1 Å². The lowest BCUT2D eigenvalue weighted by atomic mass is 10.1. The lowest BCUT2D eigenvalue weighted by Crippen LogP contribution is -2.38. The zero-order valence-electron chi connectivity index (χ0n) is 13.5. The fourth-order valence-electron chi connectivity index (χ4n) is 1.97. The molecule has 2 aromatic rings. The minimum absolute atomic E-state index is 0.0437. The van der Waals surface area contributed by atoms with Gasteiger partial charge in [0.05, 0.1) is 10.6 Å². The van der Waals surface area contributed by atoms with Crippen molar-refractivity contribution < 1.29 is 9.59 Å². The number of carbonyl (C=O) groups is 2. The lowest BCUT2D eigenvalue weighted by Gasteiger charge is -2.22. The van der Waals surface area contributed by atoms with Crippen molar-refractivity contribution in [2.45, 2.75) is 27.2 Å². The third-order valence-corrected chi connectivity index (χ3v) is 4.93. The molecule has 2 heterocycles. The molecule has 0 radical (unpaired) electrons. The van der Waals surface area contributed by atoms with E-state index in [0.29, 0.717) is 22.5 Å². The molecule has 0 spiro atoms. The van der Waals surface area contributed by atoms with E-state index >= 15 is 0 Å². The number of hydrogen-bond acceptors (Lipinski definition) is 5. The molecule has 0 unspecified atom stereocenters. The quantitative estimate of drug-likeness (QED) is 0.828. The summed E-state index contributed by atoms with van der Waals surface area (Å²) in [6, 6.07) is 3.63. The van der Waals surface area contributed by atoms with Crippen LogP contribution >= 0.6 is 22.7 Å². The minimum Gasteiger partial charge on any atom is -0.329 e. The number of thiophene rings is 1. The highest BCUT2D eigenvalue weighted by Gasteiger charge is 2.20. The Morgan fingerprint density at radius 2 is 2.13 bits per heavy atom. The van der Waals surface area contributed by atoms with Crippen LogP contribution in [0.1, 0.15) is 35.6 Å². The third-order valence-electron chi connectivity index (χ3n) is 3.20. The van der Waals surface area contributed by atoms with Crippen molar-refractivity contribution in [1.82, 2.24) is 9.88 Å². The second kappa shape index (κ2) is 8.21. The van der Waals surface area contributed by atoms with Gasteiger partial charge in [0.1, 0.15) is 6.54 Å². The first kappa shape index (κ1) is 17.6. The van der Waals surface area contributed by atoms with Gasteiger partial charge in [-0.15, -0.1) is 22.7 Å². The summed E-state index contributed by atoms with van der Waals surface area (Å²) in [5.41, 5.74) is 0.872. The molecule has 0 saturated heterocycles. The second-order valence-electron chi connectivity index (χ2n) is 5.73. The number of thiazole rings is 1. The number of rotatable bonds is 7. The van der Waals surface area contributed by atoms with Gasteiger partial charge >= 0.3 is 0 Å². The molecule has 0 bridgehead atoms. The van der Waals surface area contributed by atoms with E-state index < -0.39 is 0 Å². The Hall–Kier alpha value is -1.73. The van der Waals surface area contributed by atoms with Crippen molar-refractivity contribution >= 4 is 39.6 Å². The van der Waals surface area contributed by atoms with Crippen LogP contribution < -0.4 is 5.32 Å². The van der Waals surface area contributed by atoms with Crippen LogP contribution in [0.5, 0.6) is 0 Å². The van der Waals surface area contributed by atoms with Crippen molar-refractivity contribution in [3.63, 3.8) is 0 Å². The molecule has 7 heteroatoms. The molecule has 0 fully saturated rings. The van der Waals surface area contributed by atoms with E-state index in [9.17, 15) is 9.59 Å². The summed E-state index contributed by atoms with van der Waals surface area (Å²) in [6.45, 7) is 6.70. The van der Waals surface area contributed by atoms with Crippen LogP contribution in [0.4, 0.5) is 5.13 Å². The third kappa shape index (κ3) is 5.44. The van der Waals surface area contributed by atoms with Crippen molar-refractivity contribution in [1.29, 1.82) is 0 Å². The highest BCUT2D eigenvalue weighted by atomic mass is 32.1. The maximum Gasteiger partial charge on any atom is 0.264 e. The molecule has 0 aromatic carbocycles. The summed E-state index contributed by atoms with van der Waals surface area (Å²) in [5, 5.41) is 7.07. The molecule has 2 rings (SSSR count). The van der Waals surface area contributed by atoms with E-state index in [1.165, 1.54) is 22.7 Å². The first-order chi connectivity index (χ1) is 11.0. The van der Waals surface area contributed by atoms with Gasteiger partial charge in [0.2, 0.25) is 5.91 Å². The van der Waals surface area contributed by atoms with Crippen LogP contribution in [0.2, 0.25) is 0 Å². The van der Waals surface area contributed by atoms with Gasteiger partial charge in [0.15, 0.2) is 5.13 Å². The van der Waals surface area contributed by atoms with Gasteiger partial charge in [-0.3, -0.25) is 9.59 Å². The van der Waals surface area contributed by atoms with E-state index in [-0.39, 0.29) is 18.4 Å². The number of anilines is 1. The predicted octanol–water partition coefficient (Wildman–Crippen LogP) is 3.64. The van der Waals surface area contributed by atoms with Gasteiger partial charge in [0.25, 0.3) is 5.91 Å². The topological polar surface area (TPSA) is 62.3 Å². The molecular weight excluding hydrogens is 330 g/mol. The molecule has 2 amide bonds. The monoisotopic (exact) mass is 351 g/mol. The van der Waals surface area contributed by atoms with Gasteiger partial charge < -0.3 is 10.2 Å². The maximum absolute atomic E-state index is 12.6. The van der Waals surface area contributed by atoms with Crippen LogP contribution in [-0.4, -0.2) is 34.8 Å². The molecule has 0 aliphatic rings. The van der Waals surface area contributed by atoms with E-state index in [1.807, 2.05) is 23.8 Å². The fourth-order valence-corrected chi connectivity index (χ4v) is 3.36. The molecule has 2 aromatic heterocycles. The summed E-state index contributed by atoms with van der Waals surface area (Å²) in [6.07, 6.45) is 0.862. The number of hydrogen-bond donors (Lipinski definition) is 1.